The van der Waals surface area contributed by atoms with Crippen molar-refractivity contribution in [3.05, 3.63) is 28.6 Å². The Morgan fingerprint density at radius 3 is 2.92 bits per heavy atom. The predicted octanol–water partition coefficient (Wildman–Crippen LogP) is 3.26. The molecule has 68 valence electrons. The third kappa shape index (κ3) is 1.44. The van der Waals surface area contributed by atoms with Gasteiger partial charge in [0, 0.05) is 17.1 Å². The van der Waals surface area contributed by atoms with E-state index in [1.54, 1.807) is 6.07 Å². The molecule has 0 unspecified atom stereocenters. The highest BCUT2D eigenvalue weighted by molar-refractivity contribution is 9.10. The van der Waals surface area contributed by atoms with Gasteiger partial charge in [0.05, 0.1) is 11.7 Å². The number of hydrogen-bond acceptors (Lipinski definition) is 1. The molecule has 0 spiro atoms. The molecule has 0 aliphatic heterocycles. The van der Waals surface area contributed by atoms with Crippen molar-refractivity contribution < 1.29 is 8.78 Å². The van der Waals surface area contributed by atoms with Crippen molar-refractivity contribution in [3.63, 3.8) is 0 Å². The fraction of sp³-hybridized carbons (Fsp3) is 0.125. The molecule has 0 aromatic carbocycles. The van der Waals surface area contributed by atoms with Crippen molar-refractivity contribution in [3.8, 4) is 0 Å². The minimum absolute atomic E-state index is 0.0121. The fourth-order valence-corrected chi connectivity index (χ4v) is 1.53. The van der Waals surface area contributed by atoms with Gasteiger partial charge in [-0.15, -0.1) is 0 Å². The zero-order valence-corrected chi connectivity index (χ0v) is 7.98. The lowest BCUT2D eigenvalue weighted by molar-refractivity contribution is 0.153. The number of nitrogens with one attached hydrogen (secondary N) is 1. The van der Waals surface area contributed by atoms with Crippen molar-refractivity contribution in [2.75, 3.05) is 0 Å². The highest BCUT2D eigenvalue weighted by Crippen LogP contribution is 2.28. The number of fused-ring (bicyclic) bond motifs is 1. The number of pyridine rings is 1. The molecule has 1 N–H and O–H groups in total. The monoisotopic (exact) mass is 246 g/mol. The van der Waals surface area contributed by atoms with Gasteiger partial charge in [0.1, 0.15) is 4.60 Å². The van der Waals surface area contributed by atoms with Gasteiger partial charge in [-0.05, 0) is 22.0 Å². The molecule has 2 aromatic rings. The van der Waals surface area contributed by atoms with E-state index in [1.807, 2.05) is 0 Å². The van der Waals surface area contributed by atoms with E-state index < -0.39 is 6.43 Å². The lowest BCUT2D eigenvalue weighted by Crippen LogP contribution is -1.81. The number of aromatic nitrogens is 2. The van der Waals surface area contributed by atoms with Crippen molar-refractivity contribution in [1.29, 1.82) is 0 Å². The molecule has 0 bridgehead atoms. The van der Waals surface area contributed by atoms with Gasteiger partial charge >= 0.3 is 0 Å². The Hall–Kier alpha value is -0.970. The third-order valence-electron chi connectivity index (χ3n) is 1.80. The summed E-state index contributed by atoms with van der Waals surface area (Å²) in [5.41, 5.74) is 0.636. The lowest BCUT2D eigenvalue weighted by Gasteiger charge is -1.95. The van der Waals surface area contributed by atoms with E-state index in [0.717, 1.165) is 0 Å². The zero-order valence-electron chi connectivity index (χ0n) is 6.39. The number of rotatable bonds is 1. The first-order valence-electron chi connectivity index (χ1n) is 3.59. The minimum Gasteiger partial charge on any atom is -0.359 e. The summed E-state index contributed by atoms with van der Waals surface area (Å²) in [5, 5.41) is 0.511. The second kappa shape index (κ2) is 3.06. The van der Waals surface area contributed by atoms with Crippen molar-refractivity contribution in [2.24, 2.45) is 0 Å². The van der Waals surface area contributed by atoms with Gasteiger partial charge in [-0.3, -0.25) is 0 Å². The number of nitrogens with zero attached hydrogens (tertiary/aromatic N) is 1. The van der Waals surface area contributed by atoms with Gasteiger partial charge in [-0.1, -0.05) is 0 Å². The second-order valence-electron chi connectivity index (χ2n) is 2.60. The van der Waals surface area contributed by atoms with Crippen LogP contribution in [0.3, 0.4) is 0 Å². The molecule has 0 atom stereocenters. The molecule has 0 saturated carbocycles. The first-order chi connectivity index (χ1) is 6.18. The molecule has 0 fully saturated rings. The Bertz CT molecular complexity index is 439. The SMILES string of the molecule is FC(F)c1c[nH]c2cnc(Br)cc12. The standard InChI is InChI=1S/C8H5BrF2N2/c9-7-1-4-5(8(10)11)2-12-6(4)3-13-7/h1-3,8,12H. The summed E-state index contributed by atoms with van der Waals surface area (Å²) in [4.78, 5) is 6.65. The predicted molar refractivity (Wildman–Crippen MR) is 48.8 cm³/mol. The van der Waals surface area contributed by atoms with Crippen LogP contribution in [0.1, 0.15) is 12.0 Å². The largest absolute Gasteiger partial charge is 0.359 e. The zero-order chi connectivity index (χ0) is 9.42. The molecular weight excluding hydrogens is 242 g/mol. The highest BCUT2D eigenvalue weighted by atomic mass is 79.9. The minimum atomic E-state index is -2.46. The maximum atomic E-state index is 12.4. The molecule has 2 heterocycles. The summed E-state index contributed by atoms with van der Waals surface area (Å²) >= 11 is 3.13. The van der Waals surface area contributed by atoms with Crippen LogP contribution in [0.15, 0.2) is 23.1 Å². The maximum absolute atomic E-state index is 12.4. The second-order valence-corrected chi connectivity index (χ2v) is 3.41. The molecule has 2 nitrogen and oxygen atoms in total. The first kappa shape index (κ1) is 8.62. The summed E-state index contributed by atoms with van der Waals surface area (Å²) in [6.45, 7) is 0. The number of hydrogen-bond donors (Lipinski definition) is 1. The Kier molecular flexibility index (Phi) is 2.03. The van der Waals surface area contributed by atoms with Crippen LogP contribution in [-0.4, -0.2) is 9.97 Å². The van der Waals surface area contributed by atoms with Crippen LogP contribution in [0.5, 0.6) is 0 Å². The topological polar surface area (TPSA) is 28.7 Å². The Morgan fingerprint density at radius 2 is 2.23 bits per heavy atom. The van der Waals surface area contributed by atoms with Crippen LogP contribution in [0.25, 0.3) is 10.9 Å². The van der Waals surface area contributed by atoms with Gasteiger partial charge < -0.3 is 4.98 Å². The maximum Gasteiger partial charge on any atom is 0.265 e. The van der Waals surface area contributed by atoms with Gasteiger partial charge in [0.15, 0.2) is 0 Å². The van der Waals surface area contributed by atoms with Crippen molar-refractivity contribution in [1.82, 2.24) is 9.97 Å². The van der Waals surface area contributed by atoms with Crippen LogP contribution in [0.4, 0.5) is 8.78 Å². The van der Waals surface area contributed by atoms with E-state index in [2.05, 4.69) is 25.9 Å². The number of halogens is 3. The molecule has 2 aromatic heterocycles. The van der Waals surface area contributed by atoms with E-state index >= 15 is 0 Å². The Morgan fingerprint density at radius 1 is 1.46 bits per heavy atom. The van der Waals surface area contributed by atoms with E-state index in [-0.39, 0.29) is 5.56 Å². The Balaban J connectivity index is 2.71. The molecule has 13 heavy (non-hydrogen) atoms. The van der Waals surface area contributed by atoms with Gasteiger partial charge in [-0.2, -0.15) is 0 Å². The van der Waals surface area contributed by atoms with Crippen LogP contribution in [0.2, 0.25) is 0 Å². The van der Waals surface area contributed by atoms with Crippen LogP contribution in [-0.2, 0) is 0 Å². The normalized spacial score (nSPS) is 11.4. The molecule has 0 aliphatic rings. The number of aromatic amines is 1. The molecular formula is C8H5BrF2N2. The third-order valence-corrected chi connectivity index (χ3v) is 2.23. The van der Waals surface area contributed by atoms with Crippen LogP contribution < -0.4 is 0 Å². The number of H-pyrrole nitrogens is 1. The molecule has 0 radical (unpaired) electrons. The molecule has 0 saturated heterocycles. The smallest absolute Gasteiger partial charge is 0.265 e. The molecule has 0 aliphatic carbocycles. The van der Waals surface area contributed by atoms with Gasteiger partial charge in [0.2, 0.25) is 0 Å². The average Bonchev–Trinajstić information content (AvgIpc) is 2.46. The molecule has 2 rings (SSSR count). The quantitative estimate of drug-likeness (QED) is 0.769. The van der Waals surface area contributed by atoms with E-state index in [9.17, 15) is 8.78 Å². The van der Waals surface area contributed by atoms with Crippen LogP contribution in [0, 0.1) is 0 Å². The summed E-state index contributed by atoms with van der Waals surface area (Å²) in [6.07, 6.45) is 0.373. The summed E-state index contributed by atoms with van der Waals surface area (Å²) in [6, 6.07) is 1.58. The first-order valence-corrected chi connectivity index (χ1v) is 4.38. The van der Waals surface area contributed by atoms with Crippen LogP contribution >= 0.6 is 15.9 Å². The summed E-state index contributed by atoms with van der Waals surface area (Å²) in [7, 11) is 0. The van der Waals surface area contributed by atoms with Gasteiger partial charge in [-0.25, -0.2) is 13.8 Å². The summed E-state index contributed by atoms with van der Waals surface area (Å²) < 4.78 is 25.4. The summed E-state index contributed by atoms with van der Waals surface area (Å²) in [5.74, 6) is 0. The van der Waals surface area contributed by atoms with Crippen molar-refractivity contribution in [2.45, 2.75) is 6.43 Å². The van der Waals surface area contributed by atoms with Gasteiger partial charge in [0.25, 0.3) is 6.43 Å². The highest BCUT2D eigenvalue weighted by Gasteiger charge is 2.13. The van der Waals surface area contributed by atoms with E-state index in [1.165, 1.54) is 12.4 Å². The molecule has 5 heteroatoms. The number of alkyl halides is 2. The Labute approximate surface area is 81.1 Å². The average molecular weight is 247 g/mol. The fourth-order valence-electron chi connectivity index (χ4n) is 1.20. The van der Waals surface area contributed by atoms with E-state index in [0.29, 0.717) is 15.5 Å². The van der Waals surface area contributed by atoms with E-state index in [4.69, 9.17) is 0 Å². The van der Waals surface area contributed by atoms with Crippen molar-refractivity contribution >= 4 is 26.8 Å². The molecule has 0 amide bonds. The lowest BCUT2D eigenvalue weighted by atomic mass is 10.2.